The van der Waals surface area contributed by atoms with Crippen molar-refractivity contribution in [2.45, 2.75) is 16.7 Å². The molecule has 4 rings (SSSR count). The van der Waals surface area contributed by atoms with Gasteiger partial charge in [0.2, 0.25) is 0 Å². The van der Waals surface area contributed by atoms with Gasteiger partial charge >= 0.3 is 0 Å². The van der Waals surface area contributed by atoms with Gasteiger partial charge in [0.1, 0.15) is 23.3 Å². The van der Waals surface area contributed by atoms with Gasteiger partial charge in [0.25, 0.3) is 5.91 Å². The molecule has 2 aromatic heterocycles. The molecule has 0 aliphatic carbocycles. The number of halogens is 2. The molecule has 0 spiro atoms. The van der Waals surface area contributed by atoms with Crippen LogP contribution in [0.5, 0.6) is 0 Å². The van der Waals surface area contributed by atoms with E-state index in [0.717, 1.165) is 28.4 Å². The Kier molecular flexibility index (Phi) is 5.96. The van der Waals surface area contributed by atoms with E-state index < -0.39 is 23.6 Å². The summed E-state index contributed by atoms with van der Waals surface area (Å²) in [5, 5.41) is 11.8. The molecule has 154 valence electrons. The molecule has 1 unspecified atom stereocenters. The number of imidazole rings is 1. The van der Waals surface area contributed by atoms with Gasteiger partial charge in [-0.05, 0) is 42.5 Å². The number of carbonyl (C=O) groups is 1. The third-order valence-electron chi connectivity index (χ3n) is 4.60. The molecule has 1 N–H and O–H groups in total. The van der Waals surface area contributed by atoms with E-state index in [2.05, 4.69) is 10.3 Å². The average molecular weight is 434 g/mol. The molecule has 0 saturated heterocycles. The molecular weight excluding hydrogens is 418 g/mol. The zero-order chi connectivity index (χ0) is 21.8. The van der Waals surface area contributed by atoms with Crippen LogP contribution < -0.4 is 5.32 Å². The van der Waals surface area contributed by atoms with Crippen LogP contribution >= 0.6 is 11.8 Å². The predicted molar refractivity (Wildman–Crippen MR) is 113 cm³/mol. The van der Waals surface area contributed by atoms with Crippen molar-refractivity contribution >= 4 is 23.3 Å². The highest BCUT2D eigenvalue weighted by molar-refractivity contribution is 7.98. The van der Waals surface area contributed by atoms with E-state index in [1.165, 1.54) is 0 Å². The Morgan fingerprint density at radius 3 is 2.68 bits per heavy atom. The Balaban J connectivity index is 1.39. The second-order valence-electron chi connectivity index (χ2n) is 6.71. The highest BCUT2D eigenvalue weighted by atomic mass is 32.2. The quantitative estimate of drug-likeness (QED) is 0.438. The zero-order valence-corrected chi connectivity index (χ0v) is 16.9. The number of benzene rings is 2. The predicted octanol–water partition coefficient (Wildman–Crippen LogP) is 4.90. The van der Waals surface area contributed by atoms with Crippen LogP contribution in [0.25, 0.3) is 5.65 Å². The van der Waals surface area contributed by atoms with Gasteiger partial charge in [-0.15, -0.1) is 11.8 Å². The number of fused-ring (bicyclic) bond motifs is 1. The minimum Gasteiger partial charge on any atom is -0.332 e. The number of rotatable bonds is 6. The van der Waals surface area contributed by atoms with Crippen LogP contribution in [0, 0.1) is 23.0 Å². The molecule has 0 aliphatic rings. The number of hydrogen-bond donors (Lipinski definition) is 1. The lowest BCUT2D eigenvalue weighted by molar-refractivity contribution is 0.0944. The molecule has 1 atom stereocenters. The molecular formula is C23H16F2N4OS. The number of hydrogen-bond acceptors (Lipinski definition) is 4. The van der Waals surface area contributed by atoms with Crippen molar-refractivity contribution in [3.05, 3.63) is 102 Å². The molecule has 2 aromatic carbocycles. The molecule has 5 nitrogen and oxygen atoms in total. The summed E-state index contributed by atoms with van der Waals surface area (Å²) in [5.74, 6) is -1.48. The minimum absolute atomic E-state index is 0.0862. The Bertz CT molecular complexity index is 1250. The first-order chi connectivity index (χ1) is 15.0. The summed E-state index contributed by atoms with van der Waals surface area (Å²) in [7, 11) is 0. The van der Waals surface area contributed by atoms with Gasteiger partial charge in [0.05, 0.1) is 11.8 Å². The second-order valence-corrected chi connectivity index (χ2v) is 7.76. The standard InChI is InChI=1S/C23H16F2N4OS/c24-16-6-9-19(20(25)11-16)21(12-26)28-23(30)15-4-7-18(8-5-15)31-14-17-13-29-10-2-1-3-22(29)27-17/h1-11,13,21H,14H2,(H,28,30). The van der Waals surface area contributed by atoms with E-state index in [-0.39, 0.29) is 5.56 Å². The monoisotopic (exact) mass is 434 g/mol. The van der Waals surface area contributed by atoms with Crippen molar-refractivity contribution in [3.8, 4) is 6.07 Å². The van der Waals surface area contributed by atoms with Crippen molar-refractivity contribution in [2.75, 3.05) is 0 Å². The largest absolute Gasteiger partial charge is 0.332 e. The molecule has 2 heterocycles. The van der Waals surface area contributed by atoms with E-state index in [9.17, 15) is 18.8 Å². The van der Waals surface area contributed by atoms with Gasteiger partial charge in [0, 0.05) is 40.2 Å². The Labute approximate surface area is 181 Å². The maximum atomic E-state index is 13.9. The number of carbonyl (C=O) groups excluding carboxylic acids is 1. The lowest BCUT2D eigenvalue weighted by atomic mass is 10.1. The third-order valence-corrected chi connectivity index (χ3v) is 5.64. The smallest absolute Gasteiger partial charge is 0.252 e. The summed E-state index contributed by atoms with van der Waals surface area (Å²) in [6.07, 6.45) is 3.91. The van der Waals surface area contributed by atoms with Crippen LogP contribution in [0.2, 0.25) is 0 Å². The molecule has 0 radical (unpaired) electrons. The van der Waals surface area contributed by atoms with E-state index >= 15 is 0 Å². The number of amides is 1. The summed E-state index contributed by atoms with van der Waals surface area (Å²) < 4.78 is 29.0. The molecule has 8 heteroatoms. The highest BCUT2D eigenvalue weighted by Gasteiger charge is 2.19. The van der Waals surface area contributed by atoms with E-state index in [1.807, 2.05) is 41.1 Å². The van der Waals surface area contributed by atoms with Crippen LogP contribution in [-0.4, -0.2) is 15.3 Å². The Hall–Kier alpha value is -3.70. The van der Waals surface area contributed by atoms with Gasteiger partial charge in [0.15, 0.2) is 0 Å². The first-order valence-corrected chi connectivity index (χ1v) is 10.3. The number of thioether (sulfide) groups is 1. The topological polar surface area (TPSA) is 70.2 Å². The lowest BCUT2D eigenvalue weighted by Crippen LogP contribution is -2.28. The summed E-state index contributed by atoms with van der Waals surface area (Å²) in [6.45, 7) is 0. The van der Waals surface area contributed by atoms with Crippen molar-refractivity contribution in [1.29, 1.82) is 5.26 Å². The van der Waals surface area contributed by atoms with Crippen molar-refractivity contribution in [2.24, 2.45) is 0 Å². The fraction of sp³-hybridized carbons (Fsp3) is 0.0870. The molecule has 31 heavy (non-hydrogen) atoms. The summed E-state index contributed by atoms with van der Waals surface area (Å²) >= 11 is 1.58. The van der Waals surface area contributed by atoms with Gasteiger partial charge in [-0.2, -0.15) is 5.26 Å². The zero-order valence-electron chi connectivity index (χ0n) is 16.1. The molecule has 0 fully saturated rings. The van der Waals surface area contributed by atoms with Crippen molar-refractivity contribution in [3.63, 3.8) is 0 Å². The van der Waals surface area contributed by atoms with E-state index in [0.29, 0.717) is 17.4 Å². The summed E-state index contributed by atoms with van der Waals surface area (Å²) in [4.78, 5) is 18.0. The number of nitrogens with one attached hydrogen (secondary N) is 1. The number of aromatic nitrogens is 2. The first kappa shape index (κ1) is 20.6. The molecule has 1 amide bonds. The van der Waals surface area contributed by atoms with E-state index in [4.69, 9.17) is 0 Å². The molecule has 4 aromatic rings. The average Bonchev–Trinajstić information content (AvgIpc) is 3.20. The number of pyridine rings is 1. The SMILES string of the molecule is N#CC(NC(=O)c1ccc(SCc2cn3ccccc3n2)cc1)c1ccc(F)cc1F. The fourth-order valence-electron chi connectivity index (χ4n) is 3.05. The molecule has 0 saturated carbocycles. The summed E-state index contributed by atoms with van der Waals surface area (Å²) in [5.41, 5.74) is 2.07. The normalized spacial score (nSPS) is 11.8. The summed E-state index contributed by atoms with van der Waals surface area (Å²) in [6, 6.07) is 16.2. The highest BCUT2D eigenvalue weighted by Crippen LogP contribution is 2.24. The Morgan fingerprint density at radius 2 is 1.97 bits per heavy atom. The van der Waals surface area contributed by atoms with Gasteiger partial charge < -0.3 is 9.72 Å². The lowest BCUT2D eigenvalue weighted by Gasteiger charge is -2.13. The van der Waals surface area contributed by atoms with Crippen LogP contribution in [0.4, 0.5) is 8.78 Å². The van der Waals surface area contributed by atoms with Gasteiger partial charge in [-0.25, -0.2) is 13.8 Å². The minimum atomic E-state index is -1.22. The van der Waals surface area contributed by atoms with Crippen molar-refractivity contribution in [1.82, 2.24) is 14.7 Å². The van der Waals surface area contributed by atoms with Crippen LogP contribution in [0.15, 0.2) is 78.0 Å². The van der Waals surface area contributed by atoms with E-state index in [1.54, 1.807) is 36.0 Å². The van der Waals surface area contributed by atoms with Gasteiger partial charge in [-0.1, -0.05) is 12.1 Å². The number of nitriles is 1. The number of nitrogens with zero attached hydrogens (tertiary/aromatic N) is 3. The van der Waals surface area contributed by atoms with Crippen LogP contribution in [-0.2, 0) is 5.75 Å². The van der Waals surface area contributed by atoms with Crippen LogP contribution in [0.1, 0.15) is 27.7 Å². The van der Waals surface area contributed by atoms with Gasteiger partial charge in [-0.3, -0.25) is 4.79 Å². The Morgan fingerprint density at radius 1 is 1.16 bits per heavy atom. The second kappa shape index (κ2) is 8.98. The van der Waals surface area contributed by atoms with Crippen molar-refractivity contribution < 1.29 is 13.6 Å². The maximum absolute atomic E-state index is 13.9. The molecule has 0 aliphatic heterocycles. The third kappa shape index (κ3) is 4.73. The maximum Gasteiger partial charge on any atom is 0.252 e. The molecule has 0 bridgehead atoms. The van der Waals surface area contributed by atoms with Crippen LogP contribution in [0.3, 0.4) is 0 Å². The first-order valence-electron chi connectivity index (χ1n) is 9.34. The fourth-order valence-corrected chi connectivity index (χ4v) is 3.83.